The fraction of sp³-hybridized carbons (Fsp3) is 0.118. The van der Waals surface area contributed by atoms with E-state index < -0.39 is 0 Å². The molecule has 4 heteroatoms. The minimum Gasteiger partial charge on any atom is -0.332 e. The van der Waals surface area contributed by atoms with Gasteiger partial charge in [0.1, 0.15) is 0 Å². The first-order chi connectivity index (χ1) is 10.4. The molecule has 0 aliphatic carbocycles. The summed E-state index contributed by atoms with van der Waals surface area (Å²) < 4.78 is 0. The predicted molar refractivity (Wildman–Crippen MR) is 93.7 cm³/mol. The number of H-pyrrole nitrogens is 1. The lowest BCUT2D eigenvalue weighted by Crippen LogP contribution is -1.82. The van der Waals surface area contributed by atoms with Crippen LogP contribution in [-0.4, -0.2) is 21.3 Å². The van der Waals surface area contributed by atoms with E-state index in [2.05, 4.69) is 47.6 Å². The Labute approximate surface area is 133 Å². The summed E-state index contributed by atoms with van der Waals surface area (Å²) in [5, 5.41) is 1.97. The molecule has 0 amide bonds. The fourth-order valence-electron chi connectivity index (χ4n) is 2.15. The molecule has 21 heavy (non-hydrogen) atoms. The van der Waals surface area contributed by atoms with Crippen LogP contribution in [0.5, 0.6) is 0 Å². The normalized spacial score (nSPS) is 10.7. The average Bonchev–Trinajstić information content (AvgIpc) is 2.99. The second-order valence-electron chi connectivity index (χ2n) is 4.55. The van der Waals surface area contributed by atoms with Crippen molar-refractivity contribution in [3.05, 3.63) is 60.7 Å². The van der Waals surface area contributed by atoms with Gasteiger partial charge in [-0.25, -0.2) is 4.98 Å². The van der Waals surface area contributed by atoms with Crippen molar-refractivity contribution >= 4 is 23.5 Å². The predicted octanol–water partition coefficient (Wildman–Crippen LogP) is 5.16. The Morgan fingerprint density at radius 1 is 0.905 bits per heavy atom. The van der Waals surface area contributed by atoms with Gasteiger partial charge in [-0.2, -0.15) is 11.8 Å². The Morgan fingerprint density at radius 2 is 1.52 bits per heavy atom. The highest BCUT2D eigenvalue weighted by molar-refractivity contribution is 8.15. The third-order valence-electron chi connectivity index (χ3n) is 3.11. The Hall–Kier alpha value is -1.65. The van der Waals surface area contributed by atoms with Gasteiger partial charge in [0.05, 0.1) is 11.4 Å². The van der Waals surface area contributed by atoms with Gasteiger partial charge >= 0.3 is 0 Å². The van der Waals surface area contributed by atoms with Gasteiger partial charge in [-0.3, -0.25) is 0 Å². The molecule has 1 N–H and O–H groups in total. The van der Waals surface area contributed by atoms with Crippen LogP contribution in [0.1, 0.15) is 0 Å². The van der Waals surface area contributed by atoms with Crippen molar-refractivity contribution in [3.8, 4) is 22.5 Å². The molecule has 0 saturated heterocycles. The number of thioether (sulfide) groups is 2. The summed E-state index contributed by atoms with van der Waals surface area (Å²) in [4.78, 5) is 8.26. The summed E-state index contributed by atoms with van der Waals surface area (Å²) in [6, 6.07) is 20.7. The zero-order chi connectivity index (χ0) is 14.5. The number of benzene rings is 2. The van der Waals surface area contributed by atoms with Gasteiger partial charge in [-0.15, -0.1) is 0 Å². The maximum absolute atomic E-state index is 4.79. The van der Waals surface area contributed by atoms with Crippen LogP contribution in [0.2, 0.25) is 0 Å². The molecular weight excluding hydrogens is 296 g/mol. The largest absolute Gasteiger partial charge is 0.332 e. The van der Waals surface area contributed by atoms with Crippen LogP contribution in [-0.2, 0) is 0 Å². The molecule has 3 rings (SSSR count). The lowest BCUT2D eigenvalue weighted by atomic mass is 10.1. The number of hydrogen-bond donors (Lipinski definition) is 1. The Morgan fingerprint density at radius 3 is 2.14 bits per heavy atom. The van der Waals surface area contributed by atoms with Gasteiger partial charge in [-0.1, -0.05) is 72.4 Å². The zero-order valence-corrected chi connectivity index (χ0v) is 13.4. The molecule has 0 fully saturated rings. The third kappa shape index (κ3) is 3.34. The summed E-state index contributed by atoms with van der Waals surface area (Å²) >= 11 is 3.55. The number of nitrogens with zero attached hydrogens (tertiary/aromatic N) is 1. The van der Waals surface area contributed by atoms with Crippen LogP contribution in [0.15, 0.2) is 65.8 Å². The number of aromatic nitrogens is 2. The van der Waals surface area contributed by atoms with Crippen molar-refractivity contribution in [1.29, 1.82) is 0 Å². The molecule has 0 saturated carbocycles. The first kappa shape index (κ1) is 14.3. The maximum atomic E-state index is 4.79. The van der Waals surface area contributed by atoms with Crippen molar-refractivity contribution in [3.63, 3.8) is 0 Å². The lowest BCUT2D eigenvalue weighted by Gasteiger charge is -2.02. The van der Waals surface area contributed by atoms with E-state index >= 15 is 0 Å². The Bertz CT molecular complexity index is 636. The standard InChI is InChI=1S/C17H16N2S2/c1-20-12-21-17-18-15(13-8-4-2-5-9-13)16(19-17)14-10-6-3-7-11-14/h2-11H,12H2,1H3,(H,18,19). The smallest absolute Gasteiger partial charge is 0.167 e. The average molecular weight is 312 g/mol. The first-order valence-electron chi connectivity index (χ1n) is 6.71. The van der Waals surface area contributed by atoms with Gasteiger partial charge in [0.25, 0.3) is 0 Å². The second-order valence-corrected chi connectivity index (χ2v) is 6.74. The maximum Gasteiger partial charge on any atom is 0.167 e. The van der Waals surface area contributed by atoms with Crippen LogP contribution in [0.4, 0.5) is 0 Å². The van der Waals surface area contributed by atoms with Crippen molar-refractivity contribution in [2.24, 2.45) is 0 Å². The van der Waals surface area contributed by atoms with E-state index in [9.17, 15) is 0 Å². The quantitative estimate of drug-likeness (QED) is 0.521. The van der Waals surface area contributed by atoms with Gasteiger partial charge < -0.3 is 4.98 Å². The minimum absolute atomic E-state index is 0.974. The summed E-state index contributed by atoms with van der Waals surface area (Å²) in [5.41, 5.74) is 4.42. The highest BCUT2D eigenvalue weighted by Gasteiger charge is 2.13. The lowest BCUT2D eigenvalue weighted by molar-refractivity contribution is 1.07. The monoisotopic (exact) mass is 312 g/mol. The van der Waals surface area contributed by atoms with Crippen molar-refractivity contribution < 1.29 is 0 Å². The molecule has 0 radical (unpaired) electrons. The number of hydrogen-bond acceptors (Lipinski definition) is 3. The molecule has 0 spiro atoms. The summed E-state index contributed by atoms with van der Waals surface area (Å²) in [6.45, 7) is 0. The van der Waals surface area contributed by atoms with Gasteiger partial charge in [0.2, 0.25) is 0 Å². The molecule has 106 valence electrons. The fourth-order valence-corrected chi connectivity index (χ4v) is 3.40. The third-order valence-corrected chi connectivity index (χ3v) is 4.99. The molecule has 2 aromatic carbocycles. The van der Waals surface area contributed by atoms with Crippen LogP contribution in [0.3, 0.4) is 0 Å². The summed E-state index contributed by atoms with van der Waals surface area (Å²) in [5.74, 6) is 0. The van der Waals surface area contributed by atoms with Crippen LogP contribution < -0.4 is 0 Å². The summed E-state index contributed by atoms with van der Waals surface area (Å²) in [7, 11) is 0. The van der Waals surface area contributed by atoms with Crippen LogP contribution >= 0.6 is 23.5 Å². The molecule has 1 aromatic heterocycles. The number of imidazole rings is 1. The highest BCUT2D eigenvalue weighted by atomic mass is 32.2. The summed E-state index contributed by atoms with van der Waals surface area (Å²) in [6.07, 6.45) is 2.10. The molecule has 2 nitrogen and oxygen atoms in total. The van der Waals surface area contributed by atoms with E-state index in [1.807, 2.05) is 24.3 Å². The van der Waals surface area contributed by atoms with Gasteiger partial charge in [0.15, 0.2) is 5.16 Å². The molecule has 1 heterocycles. The second kappa shape index (κ2) is 6.87. The number of rotatable bonds is 5. The van der Waals surface area contributed by atoms with Gasteiger partial charge in [0, 0.05) is 16.2 Å². The van der Waals surface area contributed by atoms with E-state index in [-0.39, 0.29) is 0 Å². The molecule has 3 aromatic rings. The zero-order valence-electron chi connectivity index (χ0n) is 11.7. The minimum atomic E-state index is 0.974. The highest BCUT2D eigenvalue weighted by Crippen LogP contribution is 2.33. The van der Waals surface area contributed by atoms with Crippen molar-refractivity contribution in [2.45, 2.75) is 5.16 Å². The molecule has 0 aliphatic heterocycles. The first-order valence-corrected chi connectivity index (χ1v) is 9.09. The molecular formula is C17H16N2S2. The van der Waals surface area contributed by atoms with E-state index in [1.54, 1.807) is 23.5 Å². The van der Waals surface area contributed by atoms with Gasteiger partial charge in [-0.05, 0) is 6.26 Å². The van der Waals surface area contributed by atoms with E-state index in [0.717, 1.165) is 27.2 Å². The van der Waals surface area contributed by atoms with Crippen molar-refractivity contribution in [2.75, 3.05) is 11.3 Å². The molecule has 0 bridgehead atoms. The SMILES string of the molecule is CSCSc1nc(-c2ccccc2)c(-c2ccccc2)[nH]1. The molecule has 0 unspecified atom stereocenters. The van der Waals surface area contributed by atoms with Crippen molar-refractivity contribution in [1.82, 2.24) is 9.97 Å². The van der Waals surface area contributed by atoms with E-state index in [1.165, 1.54) is 5.56 Å². The van der Waals surface area contributed by atoms with Crippen LogP contribution in [0.25, 0.3) is 22.5 Å². The number of aromatic amines is 1. The van der Waals surface area contributed by atoms with E-state index in [0.29, 0.717) is 0 Å². The van der Waals surface area contributed by atoms with Crippen LogP contribution in [0, 0.1) is 0 Å². The molecule has 0 atom stereocenters. The molecule has 0 aliphatic rings. The Kier molecular flexibility index (Phi) is 4.68. The Balaban J connectivity index is 2.06. The topological polar surface area (TPSA) is 28.7 Å². The van der Waals surface area contributed by atoms with E-state index in [4.69, 9.17) is 4.98 Å². The number of nitrogens with one attached hydrogen (secondary N) is 1.